The largest absolute Gasteiger partial charge is 0.493 e. The molecule has 11 heteroatoms. The predicted octanol–water partition coefficient (Wildman–Crippen LogP) is 5.53. The first-order valence-electron chi connectivity index (χ1n) is 12.7. The van der Waals surface area contributed by atoms with Gasteiger partial charge in [0, 0.05) is 18.4 Å². The molecule has 4 aromatic rings. The number of anilines is 1. The molecular weight excluding hydrogens is 514 g/mol. The van der Waals surface area contributed by atoms with Crippen molar-refractivity contribution in [1.82, 2.24) is 19.7 Å². The van der Waals surface area contributed by atoms with Crippen LogP contribution in [0.2, 0.25) is 0 Å². The molecule has 1 aliphatic rings. The van der Waals surface area contributed by atoms with Crippen LogP contribution in [0.15, 0.2) is 48.7 Å². The number of aryl methyl sites for hydroxylation is 1. The van der Waals surface area contributed by atoms with E-state index in [4.69, 9.17) is 4.74 Å². The highest BCUT2D eigenvalue weighted by atomic mass is 19.4. The Balaban J connectivity index is 1.49. The number of halogens is 4. The van der Waals surface area contributed by atoms with Gasteiger partial charge in [0.05, 0.1) is 24.7 Å². The highest BCUT2D eigenvalue weighted by Gasteiger charge is 2.56. The summed E-state index contributed by atoms with van der Waals surface area (Å²) in [6.45, 7) is 4.73. The van der Waals surface area contributed by atoms with Crippen molar-refractivity contribution in [2.75, 3.05) is 18.5 Å². The molecule has 0 amide bonds. The normalized spacial score (nSPS) is 15.2. The molecule has 0 radical (unpaired) electrons. The number of ether oxygens (including phenoxy) is 1. The summed E-state index contributed by atoms with van der Waals surface area (Å²) in [7, 11) is 0. The van der Waals surface area contributed by atoms with Gasteiger partial charge in [-0.25, -0.2) is 19.0 Å². The van der Waals surface area contributed by atoms with E-state index in [2.05, 4.69) is 20.4 Å². The monoisotopic (exact) mass is 543 g/mol. The van der Waals surface area contributed by atoms with E-state index >= 15 is 0 Å². The van der Waals surface area contributed by atoms with E-state index in [-0.39, 0.29) is 17.2 Å². The van der Waals surface area contributed by atoms with Crippen molar-refractivity contribution in [2.24, 2.45) is 0 Å². The second-order valence-electron chi connectivity index (χ2n) is 10.4. The zero-order chi connectivity index (χ0) is 28.0. The van der Waals surface area contributed by atoms with Crippen molar-refractivity contribution >= 4 is 16.9 Å². The van der Waals surface area contributed by atoms with Crippen molar-refractivity contribution in [3.05, 3.63) is 71.4 Å². The quantitative estimate of drug-likeness (QED) is 0.285. The fourth-order valence-electron chi connectivity index (χ4n) is 5.11. The van der Waals surface area contributed by atoms with Crippen LogP contribution in [0.5, 0.6) is 5.75 Å². The molecular formula is C28H29F4N5O2. The van der Waals surface area contributed by atoms with Crippen LogP contribution in [0.4, 0.5) is 23.4 Å². The van der Waals surface area contributed by atoms with E-state index < -0.39 is 36.0 Å². The van der Waals surface area contributed by atoms with Crippen molar-refractivity contribution < 1.29 is 27.4 Å². The Kier molecular flexibility index (Phi) is 6.74. The molecule has 0 aliphatic carbocycles. The van der Waals surface area contributed by atoms with Gasteiger partial charge in [0.2, 0.25) is 0 Å². The molecule has 2 aromatic heterocycles. The smallest absolute Gasteiger partial charge is 0.418 e. The van der Waals surface area contributed by atoms with E-state index in [0.717, 1.165) is 5.56 Å². The molecule has 1 unspecified atom stereocenters. The lowest BCUT2D eigenvalue weighted by Gasteiger charge is -2.38. The number of benzene rings is 2. The third-order valence-electron chi connectivity index (χ3n) is 7.13. The summed E-state index contributed by atoms with van der Waals surface area (Å²) in [6, 6.07) is 11.4. The number of hydrogen-bond acceptors (Lipinski definition) is 6. The van der Waals surface area contributed by atoms with Gasteiger partial charge in [-0.3, -0.25) is 0 Å². The second-order valence-corrected chi connectivity index (χ2v) is 10.4. The van der Waals surface area contributed by atoms with Gasteiger partial charge in [-0.15, -0.1) is 0 Å². The van der Waals surface area contributed by atoms with Gasteiger partial charge in [-0.1, -0.05) is 51.1 Å². The van der Waals surface area contributed by atoms with Crippen LogP contribution in [-0.4, -0.2) is 49.8 Å². The van der Waals surface area contributed by atoms with Crippen LogP contribution in [0, 0.1) is 5.82 Å². The number of hydrogen-bond donors (Lipinski definition) is 2. The zero-order valence-corrected chi connectivity index (χ0v) is 21.8. The van der Waals surface area contributed by atoms with Crippen LogP contribution < -0.4 is 10.1 Å². The molecule has 5 rings (SSSR count). The van der Waals surface area contributed by atoms with E-state index in [1.54, 1.807) is 45.0 Å². The van der Waals surface area contributed by atoms with Gasteiger partial charge < -0.3 is 15.2 Å². The Bertz CT molecular complexity index is 1520. The van der Waals surface area contributed by atoms with Gasteiger partial charge >= 0.3 is 6.18 Å². The van der Waals surface area contributed by atoms with Crippen LogP contribution in [0.25, 0.3) is 16.7 Å². The fourth-order valence-corrected chi connectivity index (χ4v) is 5.11. The van der Waals surface area contributed by atoms with Gasteiger partial charge in [-0.2, -0.15) is 18.3 Å². The first-order chi connectivity index (χ1) is 18.4. The fraction of sp³-hybridized carbons (Fsp3) is 0.393. The summed E-state index contributed by atoms with van der Waals surface area (Å²) in [4.78, 5) is 8.81. The Hall–Kier alpha value is -3.73. The van der Waals surface area contributed by atoms with E-state index in [1.807, 2.05) is 6.07 Å². The minimum atomic E-state index is -4.95. The van der Waals surface area contributed by atoms with Crippen LogP contribution >= 0.6 is 0 Å². The third kappa shape index (κ3) is 4.91. The SMILES string of the molecule is CCc1nc(NCC(O)(CC(C)(C)c2cccc3c2OCC3)C(F)(F)F)c2cnn(-c3ccccc3F)c2n1. The molecule has 1 aliphatic heterocycles. The number of aliphatic hydroxyl groups is 1. The lowest BCUT2D eigenvalue weighted by Crippen LogP contribution is -2.53. The molecule has 0 saturated heterocycles. The summed E-state index contributed by atoms with van der Waals surface area (Å²) >= 11 is 0. The van der Waals surface area contributed by atoms with Crippen LogP contribution in [0.1, 0.15) is 44.1 Å². The Morgan fingerprint density at radius 1 is 1.08 bits per heavy atom. The van der Waals surface area contributed by atoms with Crippen molar-refractivity contribution in [3.8, 4) is 11.4 Å². The maximum Gasteiger partial charge on any atom is 0.418 e. The number of aromatic nitrogens is 4. The molecule has 7 nitrogen and oxygen atoms in total. The van der Waals surface area contributed by atoms with Gasteiger partial charge in [0.25, 0.3) is 0 Å². The lowest BCUT2D eigenvalue weighted by molar-refractivity contribution is -0.260. The topological polar surface area (TPSA) is 85.1 Å². The van der Waals surface area contributed by atoms with Crippen LogP contribution in [-0.2, 0) is 18.3 Å². The average molecular weight is 544 g/mol. The molecule has 0 bridgehead atoms. The van der Waals surface area contributed by atoms with Crippen LogP contribution in [0.3, 0.4) is 0 Å². The number of para-hydroxylation sites is 2. The molecule has 0 saturated carbocycles. The van der Waals surface area contributed by atoms with Crippen molar-refractivity contribution in [3.63, 3.8) is 0 Å². The maximum atomic E-state index is 14.5. The van der Waals surface area contributed by atoms with Gasteiger partial charge in [0.15, 0.2) is 11.2 Å². The molecule has 2 N–H and O–H groups in total. The third-order valence-corrected chi connectivity index (χ3v) is 7.13. The molecule has 0 spiro atoms. The molecule has 3 heterocycles. The minimum absolute atomic E-state index is 0.0730. The first kappa shape index (κ1) is 26.9. The molecule has 2 aromatic carbocycles. The lowest BCUT2D eigenvalue weighted by atomic mass is 9.74. The number of nitrogens with one attached hydrogen (secondary N) is 1. The second kappa shape index (κ2) is 9.78. The van der Waals surface area contributed by atoms with Gasteiger partial charge in [0.1, 0.15) is 28.9 Å². The summed E-state index contributed by atoms with van der Waals surface area (Å²) in [6.07, 6.45) is -3.14. The standard InChI is InChI=1S/C28H29F4N5O2/c1-4-22-35-24(18-14-34-37(25(18)36-22)21-11-6-5-10-20(21)29)33-16-27(38,28(30,31)32)15-26(2,3)19-9-7-8-17-12-13-39-23(17)19/h5-11,14,38H,4,12-13,15-16H2,1-3H3,(H,33,35,36). The van der Waals surface area contributed by atoms with E-state index in [1.165, 1.54) is 23.0 Å². The number of rotatable bonds is 8. The molecule has 39 heavy (non-hydrogen) atoms. The van der Waals surface area contributed by atoms with Gasteiger partial charge in [-0.05, 0) is 29.5 Å². The molecule has 206 valence electrons. The summed E-state index contributed by atoms with van der Waals surface area (Å²) in [5.41, 5.74) is -2.25. The highest BCUT2D eigenvalue weighted by molar-refractivity contribution is 5.87. The molecule has 0 fully saturated rings. The zero-order valence-electron chi connectivity index (χ0n) is 21.8. The Morgan fingerprint density at radius 3 is 2.56 bits per heavy atom. The minimum Gasteiger partial charge on any atom is -0.493 e. The Morgan fingerprint density at radius 2 is 1.85 bits per heavy atom. The predicted molar refractivity (Wildman–Crippen MR) is 139 cm³/mol. The summed E-state index contributed by atoms with van der Waals surface area (Å²) in [5.74, 6) is 0.462. The summed E-state index contributed by atoms with van der Waals surface area (Å²) in [5, 5.41) is 18.4. The van der Waals surface area contributed by atoms with E-state index in [0.29, 0.717) is 42.0 Å². The summed E-state index contributed by atoms with van der Waals surface area (Å²) < 4.78 is 64.8. The highest BCUT2D eigenvalue weighted by Crippen LogP contribution is 2.45. The van der Waals surface area contributed by atoms with Crippen molar-refractivity contribution in [2.45, 2.75) is 57.2 Å². The Labute approximate surface area is 222 Å². The average Bonchev–Trinajstić information content (AvgIpc) is 3.53. The van der Waals surface area contributed by atoms with Crippen molar-refractivity contribution in [1.29, 1.82) is 0 Å². The first-order valence-corrected chi connectivity index (χ1v) is 12.7. The number of nitrogens with zero attached hydrogens (tertiary/aromatic N) is 4. The number of alkyl halides is 3. The van der Waals surface area contributed by atoms with E-state index in [9.17, 15) is 22.7 Å². The molecule has 1 atom stereocenters. The maximum absolute atomic E-state index is 14.5. The number of fused-ring (bicyclic) bond motifs is 2.